The third-order valence-corrected chi connectivity index (χ3v) is 2.48. The molecule has 1 saturated heterocycles. The van der Waals surface area contributed by atoms with E-state index >= 15 is 0 Å². The number of rotatable bonds is 1. The molecule has 0 bridgehead atoms. The molecule has 1 radical (unpaired) electrons. The summed E-state index contributed by atoms with van der Waals surface area (Å²) in [5.74, 6) is -3.70. The van der Waals surface area contributed by atoms with Gasteiger partial charge < -0.3 is 15.6 Å². The summed E-state index contributed by atoms with van der Waals surface area (Å²) in [6, 6.07) is 1.18. The minimum Gasteiger partial charge on any atom is -0.384 e. The fourth-order valence-corrected chi connectivity index (χ4v) is 1.58. The van der Waals surface area contributed by atoms with Crippen molar-refractivity contribution in [3.63, 3.8) is 0 Å². The first-order valence-electron chi connectivity index (χ1n) is 4.73. The third kappa shape index (κ3) is 1.79. The molecule has 3 N–H and O–H groups in total. The van der Waals surface area contributed by atoms with Crippen LogP contribution in [0.15, 0.2) is 17.1 Å². The first kappa shape index (κ1) is 11.9. The number of aromatic nitrogens is 2. The summed E-state index contributed by atoms with van der Waals surface area (Å²) in [6.07, 6.45) is -4.29. The molecule has 0 spiro atoms. The number of alkyl halides is 2. The smallest absolute Gasteiger partial charge is 0.351 e. The van der Waals surface area contributed by atoms with Crippen LogP contribution >= 0.6 is 0 Å². The lowest BCUT2D eigenvalue weighted by Gasteiger charge is -2.20. The maximum atomic E-state index is 13.6. The quantitative estimate of drug-likeness (QED) is 0.700. The molecule has 0 amide bonds. The van der Waals surface area contributed by atoms with E-state index in [4.69, 9.17) is 10.5 Å². The van der Waals surface area contributed by atoms with E-state index in [1.807, 2.05) is 0 Å². The minimum atomic E-state index is -3.62. The maximum Gasteiger partial charge on any atom is 0.351 e. The summed E-state index contributed by atoms with van der Waals surface area (Å²) in [5, 5.41) is 9.20. The zero-order chi connectivity index (χ0) is 12.8. The summed E-state index contributed by atoms with van der Waals surface area (Å²) in [7, 11) is 0. The largest absolute Gasteiger partial charge is 0.384 e. The van der Waals surface area contributed by atoms with Crippen molar-refractivity contribution < 1.29 is 18.6 Å². The third-order valence-electron chi connectivity index (χ3n) is 2.48. The van der Waals surface area contributed by atoms with Crippen molar-refractivity contribution in [1.82, 2.24) is 9.55 Å². The van der Waals surface area contributed by atoms with Gasteiger partial charge >= 0.3 is 11.6 Å². The number of aliphatic hydroxyl groups excluding tert-OH is 1. The standard InChI is InChI=1S/C9H10F2N3O3/c1-4-6(15)9(10,11)7(17-4)14-3-2-5(12)13-8(14)16/h2-4,6-7,15H,1H2,(H2,12,13,16). The van der Waals surface area contributed by atoms with E-state index < -0.39 is 30.0 Å². The van der Waals surface area contributed by atoms with Crippen LogP contribution in [-0.4, -0.2) is 32.8 Å². The molecule has 17 heavy (non-hydrogen) atoms. The highest BCUT2D eigenvalue weighted by Crippen LogP contribution is 2.41. The Balaban J connectivity index is 2.45. The average Bonchev–Trinajstić information content (AvgIpc) is 2.43. The summed E-state index contributed by atoms with van der Waals surface area (Å²) >= 11 is 0. The topological polar surface area (TPSA) is 90.4 Å². The second-order valence-electron chi connectivity index (χ2n) is 3.69. The van der Waals surface area contributed by atoms with E-state index in [2.05, 4.69) is 11.9 Å². The lowest BCUT2D eigenvalue weighted by atomic mass is 10.1. The fourth-order valence-electron chi connectivity index (χ4n) is 1.58. The Morgan fingerprint density at radius 2 is 2.29 bits per heavy atom. The highest BCUT2D eigenvalue weighted by atomic mass is 19.3. The van der Waals surface area contributed by atoms with Crippen molar-refractivity contribution >= 4 is 5.82 Å². The molecule has 2 rings (SSSR count). The molecule has 0 saturated carbocycles. The van der Waals surface area contributed by atoms with Gasteiger partial charge in [0.05, 0.1) is 6.10 Å². The predicted molar refractivity (Wildman–Crippen MR) is 53.1 cm³/mol. The molecule has 3 atom stereocenters. The van der Waals surface area contributed by atoms with Crippen molar-refractivity contribution in [2.24, 2.45) is 0 Å². The second-order valence-corrected chi connectivity index (χ2v) is 3.69. The van der Waals surface area contributed by atoms with Crippen LogP contribution in [0.2, 0.25) is 0 Å². The minimum absolute atomic E-state index is 0.0840. The maximum absolute atomic E-state index is 13.6. The Morgan fingerprint density at radius 3 is 2.76 bits per heavy atom. The van der Waals surface area contributed by atoms with Gasteiger partial charge in [0.25, 0.3) is 0 Å². The van der Waals surface area contributed by atoms with Gasteiger partial charge in [0.15, 0.2) is 0 Å². The summed E-state index contributed by atoms with van der Waals surface area (Å²) in [5.41, 5.74) is 4.26. The van der Waals surface area contributed by atoms with Crippen LogP contribution in [0.25, 0.3) is 0 Å². The van der Waals surface area contributed by atoms with Gasteiger partial charge in [-0.2, -0.15) is 13.8 Å². The number of aliphatic hydroxyl groups is 1. The van der Waals surface area contributed by atoms with Crippen LogP contribution in [0.1, 0.15) is 6.23 Å². The normalized spacial score (nSPS) is 31.6. The molecule has 2 heterocycles. The molecule has 0 aromatic carbocycles. The van der Waals surface area contributed by atoms with Crippen molar-refractivity contribution in [2.75, 3.05) is 5.73 Å². The SMILES string of the molecule is [CH2]C1OC(n2ccc(N)nc2=O)C(F)(F)C1O. The van der Waals surface area contributed by atoms with Gasteiger partial charge in [0, 0.05) is 6.20 Å². The van der Waals surface area contributed by atoms with Crippen molar-refractivity contribution in [3.05, 3.63) is 29.7 Å². The van der Waals surface area contributed by atoms with E-state index in [1.54, 1.807) is 0 Å². The van der Waals surface area contributed by atoms with E-state index in [0.29, 0.717) is 4.57 Å². The summed E-state index contributed by atoms with van der Waals surface area (Å²) in [4.78, 5) is 14.7. The number of halogens is 2. The first-order chi connectivity index (χ1) is 7.84. The Morgan fingerprint density at radius 1 is 1.65 bits per heavy atom. The highest BCUT2D eigenvalue weighted by Gasteiger charge is 2.58. The van der Waals surface area contributed by atoms with Gasteiger partial charge in [-0.15, -0.1) is 0 Å². The molecule has 6 nitrogen and oxygen atoms in total. The van der Waals surface area contributed by atoms with Crippen LogP contribution in [0.5, 0.6) is 0 Å². The molecule has 1 fully saturated rings. The molecule has 1 aromatic rings. The van der Waals surface area contributed by atoms with Gasteiger partial charge in [-0.25, -0.2) is 4.79 Å². The van der Waals surface area contributed by atoms with Crippen LogP contribution in [0.3, 0.4) is 0 Å². The number of nitrogen functional groups attached to an aromatic ring is 1. The number of hydrogen-bond acceptors (Lipinski definition) is 5. The number of nitrogens with two attached hydrogens (primary N) is 1. The molecular weight excluding hydrogens is 236 g/mol. The monoisotopic (exact) mass is 246 g/mol. The van der Waals surface area contributed by atoms with Crippen LogP contribution in [-0.2, 0) is 4.74 Å². The van der Waals surface area contributed by atoms with E-state index in [1.165, 1.54) is 6.07 Å². The van der Waals surface area contributed by atoms with Gasteiger partial charge in [-0.05, 0) is 13.0 Å². The van der Waals surface area contributed by atoms with Gasteiger partial charge in [0.1, 0.15) is 11.9 Å². The zero-order valence-electron chi connectivity index (χ0n) is 8.59. The Bertz CT molecular complexity index is 491. The molecule has 8 heteroatoms. The summed E-state index contributed by atoms with van der Waals surface area (Å²) < 4.78 is 32.5. The van der Waals surface area contributed by atoms with Crippen LogP contribution in [0, 0.1) is 6.92 Å². The first-order valence-corrected chi connectivity index (χ1v) is 4.73. The second kappa shape index (κ2) is 3.74. The highest BCUT2D eigenvalue weighted by molar-refractivity contribution is 5.23. The zero-order valence-corrected chi connectivity index (χ0v) is 8.59. The van der Waals surface area contributed by atoms with Crippen molar-refractivity contribution in [1.29, 1.82) is 0 Å². The van der Waals surface area contributed by atoms with E-state index in [0.717, 1.165) is 6.20 Å². The van der Waals surface area contributed by atoms with Crippen LogP contribution in [0.4, 0.5) is 14.6 Å². The van der Waals surface area contributed by atoms with Crippen molar-refractivity contribution in [2.45, 2.75) is 24.4 Å². The van der Waals surface area contributed by atoms with Gasteiger partial charge in [0.2, 0.25) is 6.23 Å². The van der Waals surface area contributed by atoms with Crippen molar-refractivity contribution in [3.8, 4) is 0 Å². The molecular formula is C9H10F2N3O3. The molecule has 1 aromatic heterocycles. The number of ether oxygens (including phenoxy) is 1. The van der Waals surface area contributed by atoms with Gasteiger partial charge in [-0.3, -0.25) is 4.57 Å². The lowest BCUT2D eigenvalue weighted by Crippen LogP contribution is -2.41. The molecule has 0 aliphatic carbocycles. The fraction of sp³-hybridized carbons (Fsp3) is 0.444. The molecule has 1 aliphatic heterocycles. The predicted octanol–water partition coefficient (Wildman–Crippen LogP) is -0.447. The molecule has 3 unspecified atom stereocenters. The Kier molecular flexibility index (Phi) is 2.63. The van der Waals surface area contributed by atoms with E-state index in [9.17, 15) is 18.7 Å². The lowest BCUT2D eigenvalue weighted by molar-refractivity contribution is -0.140. The number of hydrogen-bond donors (Lipinski definition) is 2. The molecule has 1 aliphatic rings. The van der Waals surface area contributed by atoms with E-state index in [-0.39, 0.29) is 5.82 Å². The van der Waals surface area contributed by atoms with Crippen LogP contribution < -0.4 is 11.4 Å². The number of anilines is 1. The average molecular weight is 246 g/mol. The number of nitrogens with zero attached hydrogens (tertiary/aromatic N) is 2. The Hall–Kier alpha value is -1.54. The Labute approximate surface area is 94.6 Å². The van der Waals surface area contributed by atoms with Gasteiger partial charge in [-0.1, -0.05) is 0 Å². The molecule has 93 valence electrons. The summed E-state index contributed by atoms with van der Waals surface area (Å²) in [6.45, 7) is 3.22.